The largest absolute Gasteiger partial charge is 1.00 e. The second kappa shape index (κ2) is 10.1. The van der Waals surface area contributed by atoms with E-state index in [0.717, 1.165) is 19.4 Å². The molecule has 0 aliphatic rings. The first kappa shape index (κ1) is 23.5. The van der Waals surface area contributed by atoms with E-state index in [1.165, 1.54) is 21.3 Å². The Morgan fingerprint density at radius 3 is 1.86 bits per heavy atom. The van der Waals surface area contributed by atoms with Crippen molar-refractivity contribution in [3.8, 4) is 11.7 Å². The molecule has 0 aliphatic carbocycles. The van der Waals surface area contributed by atoms with E-state index in [2.05, 4.69) is 45.6 Å². The molecule has 7 heteroatoms. The van der Waals surface area contributed by atoms with Gasteiger partial charge in [0.15, 0.2) is 8.32 Å². The molecule has 0 bridgehead atoms. The van der Waals surface area contributed by atoms with Crippen molar-refractivity contribution in [2.75, 3.05) is 27.9 Å². The summed E-state index contributed by atoms with van der Waals surface area (Å²) >= 11 is 0. The summed E-state index contributed by atoms with van der Waals surface area (Å²) in [5, 5.41) is 0.249. The molecule has 0 saturated heterocycles. The number of unbranched alkanes of at least 4 members (excludes halogenated alkanes) is 1. The predicted molar refractivity (Wildman–Crippen MR) is 86.9 cm³/mol. The predicted octanol–water partition coefficient (Wildman–Crippen LogP) is 0.213. The zero-order valence-electron chi connectivity index (χ0n) is 15.3. The molecule has 0 amide bonds. The van der Waals surface area contributed by atoms with E-state index in [-0.39, 0.29) is 23.9 Å². The molecule has 0 N–H and O–H groups in total. The topological polar surface area (TPSA) is 36.9 Å². The molecular formula is C14H30BLiO4Si. The van der Waals surface area contributed by atoms with Gasteiger partial charge in [-0.2, -0.15) is 0 Å². The van der Waals surface area contributed by atoms with Gasteiger partial charge in [0, 0.05) is 13.0 Å². The van der Waals surface area contributed by atoms with Crippen molar-refractivity contribution < 1.29 is 37.2 Å². The van der Waals surface area contributed by atoms with E-state index < -0.39 is 15.1 Å². The van der Waals surface area contributed by atoms with Crippen LogP contribution in [0.15, 0.2) is 0 Å². The molecule has 0 saturated carbocycles. The second-order valence-corrected chi connectivity index (χ2v) is 11.2. The van der Waals surface area contributed by atoms with E-state index >= 15 is 0 Å². The smallest absolute Gasteiger partial charge is 0.536 e. The maximum absolute atomic E-state index is 6.09. The van der Waals surface area contributed by atoms with Gasteiger partial charge in [0.25, 0.3) is 0 Å². The Kier molecular flexibility index (Phi) is 11.4. The molecule has 0 aromatic heterocycles. The van der Waals surface area contributed by atoms with Crippen molar-refractivity contribution >= 4 is 15.1 Å². The van der Waals surface area contributed by atoms with Crippen LogP contribution in [0.5, 0.6) is 0 Å². The fourth-order valence-corrected chi connectivity index (χ4v) is 2.45. The minimum Gasteiger partial charge on any atom is -0.536 e. The van der Waals surface area contributed by atoms with Crippen LogP contribution in [-0.4, -0.2) is 43.0 Å². The summed E-state index contributed by atoms with van der Waals surface area (Å²) in [6, 6.07) is 0. The van der Waals surface area contributed by atoms with Gasteiger partial charge < -0.3 is 18.4 Å². The van der Waals surface area contributed by atoms with Gasteiger partial charge in [0.1, 0.15) is 0 Å². The zero-order valence-corrected chi connectivity index (χ0v) is 16.3. The van der Waals surface area contributed by atoms with E-state index in [1.807, 2.05) is 0 Å². The molecule has 0 aliphatic heterocycles. The average molecular weight is 308 g/mol. The molecule has 21 heavy (non-hydrogen) atoms. The first-order valence-electron chi connectivity index (χ1n) is 7.07. The molecule has 0 radical (unpaired) electrons. The van der Waals surface area contributed by atoms with Crippen molar-refractivity contribution in [1.82, 2.24) is 0 Å². The van der Waals surface area contributed by atoms with Crippen LogP contribution in [0.4, 0.5) is 0 Å². The molecular weight excluding hydrogens is 278 g/mol. The number of hydrogen-bond donors (Lipinski definition) is 0. The third-order valence-electron chi connectivity index (χ3n) is 3.92. The van der Waals surface area contributed by atoms with E-state index in [0.29, 0.717) is 0 Å². The van der Waals surface area contributed by atoms with Crippen LogP contribution in [0, 0.1) is 11.7 Å². The summed E-state index contributed by atoms with van der Waals surface area (Å²) in [6.07, 6.45) is 1.65. The summed E-state index contributed by atoms with van der Waals surface area (Å²) in [4.78, 5) is 0. The van der Waals surface area contributed by atoms with E-state index in [9.17, 15) is 0 Å². The maximum Gasteiger partial charge on any atom is 1.00 e. The summed E-state index contributed by atoms with van der Waals surface area (Å²) in [5.41, 5.74) is 0. The molecule has 0 unspecified atom stereocenters. The third kappa shape index (κ3) is 7.90. The van der Waals surface area contributed by atoms with Gasteiger partial charge in [-0.3, -0.25) is 0 Å². The van der Waals surface area contributed by atoms with Gasteiger partial charge in [-0.25, -0.2) is 5.82 Å². The van der Waals surface area contributed by atoms with Crippen molar-refractivity contribution in [3.63, 3.8) is 0 Å². The van der Waals surface area contributed by atoms with Gasteiger partial charge in [-0.15, -0.1) is 5.92 Å². The molecule has 0 spiro atoms. The fraction of sp³-hybridized carbons (Fsp3) is 0.857. The summed E-state index contributed by atoms with van der Waals surface area (Å²) in [7, 11) is 2.95. The van der Waals surface area contributed by atoms with Gasteiger partial charge in [-0.1, -0.05) is 20.8 Å². The minimum absolute atomic E-state index is 0. The molecule has 0 aromatic rings. The maximum atomic E-state index is 6.09. The van der Waals surface area contributed by atoms with Crippen molar-refractivity contribution in [1.29, 1.82) is 0 Å². The van der Waals surface area contributed by atoms with Crippen molar-refractivity contribution in [2.24, 2.45) is 0 Å². The quantitative estimate of drug-likeness (QED) is 0.383. The van der Waals surface area contributed by atoms with Gasteiger partial charge in [0.2, 0.25) is 0 Å². The van der Waals surface area contributed by atoms with Gasteiger partial charge in [0.05, 0.1) is 0 Å². The third-order valence-corrected chi connectivity index (χ3v) is 8.46. The van der Waals surface area contributed by atoms with Crippen LogP contribution in [0.1, 0.15) is 33.6 Å². The van der Waals surface area contributed by atoms with Gasteiger partial charge >= 0.3 is 25.6 Å². The zero-order chi connectivity index (χ0) is 15.9. The number of hydrogen-bond acceptors (Lipinski definition) is 4. The Balaban J connectivity index is 0. The van der Waals surface area contributed by atoms with Crippen LogP contribution in [0.2, 0.25) is 18.1 Å². The molecule has 0 fully saturated rings. The monoisotopic (exact) mass is 308 g/mol. The first-order chi connectivity index (χ1) is 9.14. The molecule has 4 nitrogen and oxygen atoms in total. The summed E-state index contributed by atoms with van der Waals surface area (Å²) in [5.74, 6) is 5.95. The second-order valence-electron chi connectivity index (χ2n) is 6.38. The first-order valence-corrected chi connectivity index (χ1v) is 9.98. The van der Waals surface area contributed by atoms with Crippen LogP contribution in [0.3, 0.4) is 0 Å². The van der Waals surface area contributed by atoms with Crippen LogP contribution < -0.4 is 18.9 Å². The van der Waals surface area contributed by atoms with Crippen LogP contribution in [-0.2, 0) is 18.4 Å². The SMILES string of the molecule is CO[B-](C#CCCCO[Si](C)(C)C(C)(C)C)(OC)OC.[Li+]. The fourth-order valence-electron chi connectivity index (χ4n) is 1.37. The minimum atomic E-state index is -1.92. The van der Waals surface area contributed by atoms with E-state index in [1.54, 1.807) is 0 Å². The van der Waals surface area contributed by atoms with Crippen molar-refractivity contribution in [3.05, 3.63) is 0 Å². The van der Waals surface area contributed by atoms with Gasteiger partial charge in [-0.05, 0) is 45.9 Å². The standard InChI is InChI=1S/C14H30BO4Si.Li/c1-14(2,3)20(7,8)19-13-11-9-10-12-15(16-4,17-5)18-6;/h9,11,13H2,1-8H3;/q-1;+1. The Bertz CT molecular complexity index is 335. The van der Waals surface area contributed by atoms with E-state index in [4.69, 9.17) is 18.4 Å². The molecule has 0 atom stereocenters. The Morgan fingerprint density at radius 2 is 1.48 bits per heavy atom. The van der Waals surface area contributed by atoms with Crippen molar-refractivity contribution in [2.45, 2.75) is 51.7 Å². The summed E-state index contributed by atoms with van der Waals surface area (Å²) < 4.78 is 21.6. The molecule has 0 heterocycles. The van der Waals surface area contributed by atoms with Crippen LogP contribution in [0.25, 0.3) is 0 Å². The molecule has 118 valence electrons. The Morgan fingerprint density at radius 1 is 1.00 bits per heavy atom. The summed E-state index contributed by atoms with van der Waals surface area (Å²) in [6.45, 7) is 10.1. The number of rotatable bonds is 7. The Hall–Kier alpha value is 0.279. The molecule has 0 rings (SSSR count). The average Bonchev–Trinajstić information content (AvgIpc) is 2.37. The molecule has 0 aromatic carbocycles. The Labute approximate surface area is 144 Å². The van der Waals surface area contributed by atoms with Crippen LogP contribution >= 0.6 is 0 Å². The normalized spacial score (nSPS) is 12.4.